The standard InChI is InChI=1S/C13H20FN3O/c1-4-11(13(15)17-18)16-7-10-5-8(2)12(14)9(3)6-10/h5-6,11,16,18H,4,7H2,1-3H3,(H2,15,17). The van der Waals surface area contributed by atoms with Crippen LogP contribution in [0, 0.1) is 19.7 Å². The van der Waals surface area contributed by atoms with Crippen LogP contribution in [0.15, 0.2) is 17.3 Å². The first-order valence-corrected chi connectivity index (χ1v) is 5.96. The zero-order chi connectivity index (χ0) is 13.7. The fourth-order valence-electron chi connectivity index (χ4n) is 1.91. The smallest absolute Gasteiger partial charge is 0.156 e. The van der Waals surface area contributed by atoms with Gasteiger partial charge in [0.15, 0.2) is 5.84 Å². The van der Waals surface area contributed by atoms with Crippen molar-refractivity contribution in [2.24, 2.45) is 10.9 Å². The largest absolute Gasteiger partial charge is 0.409 e. The van der Waals surface area contributed by atoms with E-state index in [0.29, 0.717) is 17.7 Å². The molecular formula is C13H20FN3O. The van der Waals surface area contributed by atoms with Crippen molar-refractivity contribution < 1.29 is 9.60 Å². The number of hydrogen-bond donors (Lipinski definition) is 3. The lowest BCUT2D eigenvalue weighted by molar-refractivity contribution is 0.314. The summed E-state index contributed by atoms with van der Waals surface area (Å²) < 4.78 is 13.5. The highest BCUT2D eigenvalue weighted by Gasteiger charge is 2.11. The second kappa shape index (κ2) is 6.35. The Morgan fingerprint density at radius 2 is 2.00 bits per heavy atom. The predicted molar refractivity (Wildman–Crippen MR) is 70.2 cm³/mol. The Kier molecular flexibility index (Phi) is 5.09. The Labute approximate surface area is 107 Å². The van der Waals surface area contributed by atoms with Gasteiger partial charge in [-0.25, -0.2) is 4.39 Å². The van der Waals surface area contributed by atoms with Crippen LogP contribution in [0.2, 0.25) is 0 Å². The van der Waals surface area contributed by atoms with E-state index in [1.165, 1.54) is 0 Å². The zero-order valence-corrected chi connectivity index (χ0v) is 11.0. The summed E-state index contributed by atoms with van der Waals surface area (Å²) in [6.07, 6.45) is 0.717. The van der Waals surface area contributed by atoms with Gasteiger partial charge in [-0.15, -0.1) is 0 Å². The average molecular weight is 253 g/mol. The molecule has 4 nitrogen and oxygen atoms in total. The second-order valence-corrected chi connectivity index (χ2v) is 4.41. The molecule has 0 spiro atoms. The number of rotatable bonds is 5. The third-order valence-corrected chi connectivity index (χ3v) is 2.93. The van der Waals surface area contributed by atoms with Crippen molar-refractivity contribution in [3.8, 4) is 0 Å². The first-order valence-electron chi connectivity index (χ1n) is 5.96. The summed E-state index contributed by atoms with van der Waals surface area (Å²) in [6.45, 7) is 5.98. The molecule has 0 bridgehead atoms. The van der Waals surface area contributed by atoms with E-state index < -0.39 is 0 Å². The molecule has 4 N–H and O–H groups in total. The lowest BCUT2D eigenvalue weighted by Gasteiger charge is -2.16. The van der Waals surface area contributed by atoms with Crippen LogP contribution in [0.1, 0.15) is 30.0 Å². The Balaban J connectivity index is 2.74. The lowest BCUT2D eigenvalue weighted by Crippen LogP contribution is -2.40. The summed E-state index contributed by atoms with van der Waals surface area (Å²) in [5.41, 5.74) is 7.79. The minimum Gasteiger partial charge on any atom is -0.409 e. The lowest BCUT2D eigenvalue weighted by atomic mass is 10.1. The molecule has 0 heterocycles. The van der Waals surface area contributed by atoms with Gasteiger partial charge in [0.1, 0.15) is 5.82 Å². The fraction of sp³-hybridized carbons (Fsp3) is 0.462. The molecule has 1 unspecified atom stereocenters. The van der Waals surface area contributed by atoms with Gasteiger partial charge < -0.3 is 16.3 Å². The SMILES string of the molecule is CCC(NCc1cc(C)c(F)c(C)c1)C(N)=NO. The van der Waals surface area contributed by atoms with Crippen molar-refractivity contribution in [1.29, 1.82) is 0 Å². The van der Waals surface area contributed by atoms with Crippen molar-refractivity contribution >= 4 is 5.84 Å². The number of nitrogens with zero attached hydrogens (tertiary/aromatic N) is 1. The van der Waals surface area contributed by atoms with Gasteiger partial charge in [0, 0.05) is 6.54 Å². The number of oxime groups is 1. The number of aryl methyl sites for hydroxylation is 2. The number of benzene rings is 1. The molecule has 0 radical (unpaired) electrons. The molecule has 1 atom stereocenters. The maximum Gasteiger partial charge on any atom is 0.156 e. The number of halogens is 1. The molecule has 0 aliphatic heterocycles. The fourth-order valence-corrected chi connectivity index (χ4v) is 1.91. The highest BCUT2D eigenvalue weighted by Crippen LogP contribution is 2.14. The highest BCUT2D eigenvalue weighted by molar-refractivity contribution is 5.85. The number of amidine groups is 1. The van der Waals surface area contributed by atoms with Gasteiger partial charge in [0.05, 0.1) is 6.04 Å². The maximum atomic E-state index is 13.5. The molecule has 0 saturated heterocycles. The molecule has 0 fully saturated rings. The third-order valence-electron chi connectivity index (χ3n) is 2.93. The summed E-state index contributed by atoms with van der Waals surface area (Å²) in [5, 5.41) is 14.8. The number of hydrogen-bond acceptors (Lipinski definition) is 3. The molecule has 0 saturated carbocycles. The van der Waals surface area contributed by atoms with Gasteiger partial charge in [0.25, 0.3) is 0 Å². The second-order valence-electron chi connectivity index (χ2n) is 4.41. The summed E-state index contributed by atoms with van der Waals surface area (Å²) in [6, 6.07) is 3.42. The minimum atomic E-state index is -0.180. The van der Waals surface area contributed by atoms with E-state index in [0.717, 1.165) is 12.0 Å². The van der Waals surface area contributed by atoms with E-state index in [2.05, 4.69) is 10.5 Å². The van der Waals surface area contributed by atoms with E-state index >= 15 is 0 Å². The van der Waals surface area contributed by atoms with Crippen LogP contribution >= 0.6 is 0 Å². The predicted octanol–water partition coefficient (Wildman–Crippen LogP) is 2.06. The highest BCUT2D eigenvalue weighted by atomic mass is 19.1. The summed E-state index contributed by atoms with van der Waals surface area (Å²) in [5.74, 6) is -0.00437. The van der Waals surface area contributed by atoms with Crippen LogP contribution in [-0.2, 0) is 6.54 Å². The molecule has 5 heteroatoms. The number of nitrogens with two attached hydrogens (primary N) is 1. The molecule has 1 aromatic rings. The average Bonchev–Trinajstić information content (AvgIpc) is 2.36. The molecule has 0 aliphatic carbocycles. The van der Waals surface area contributed by atoms with Crippen LogP contribution in [0.25, 0.3) is 0 Å². The van der Waals surface area contributed by atoms with Gasteiger partial charge >= 0.3 is 0 Å². The van der Waals surface area contributed by atoms with Crippen molar-refractivity contribution in [3.63, 3.8) is 0 Å². The zero-order valence-electron chi connectivity index (χ0n) is 11.0. The van der Waals surface area contributed by atoms with Crippen LogP contribution in [0.3, 0.4) is 0 Å². The Bertz CT molecular complexity index is 423. The molecule has 0 aliphatic rings. The van der Waals surface area contributed by atoms with Crippen LogP contribution < -0.4 is 11.1 Å². The molecular weight excluding hydrogens is 233 g/mol. The first kappa shape index (κ1) is 14.4. The minimum absolute atomic E-state index is 0.160. The Morgan fingerprint density at radius 1 is 1.44 bits per heavy atom. The van der Waals surface area contributed by atoms with Gasteiger partial charge in [-0.05, 0) is 37.0 Å². The topological polar surface area (TPSA) is 70.6 Å². The summed E-state index contributed by atoms with van der Waals surface area (Å²) >= 11 is 0. The van der Waals surface area contributed by atoms with Gasteiger partial charge in [-0.3, -0.25) is 0 Å². The van der Waals surface area contributed by atoms with Crippen LogP contribution in [-0.4, -0.2) is 17.1 Å². The van der Waals surface area contributed by atoms with Crippen molar-refractivity contribution in [2.45, 2.75) is 39.8 Å². The van der Waals surface area contributed by atoms with E-state index in [4.69, 9.17) is 10.9 Å². The monoisotopic (exact) mass is 253 g/mol. The first-order chi connectivity index (χ1) is 8.49. The summed E-state index contributed by atoms with van der Waals surface area (Å²) in [4.78, 5) is 0. The van der Waals surface area contributed by atoms with E-state index in [-0.39, 0.29) is 17.7 Å². The Morgan fingerprint density at radius 3 is 2.44 bits per heavy atom. The molecule has 100 valence electrons. The van der Waals surface area contributed by atoms with Gasteiger partial charge in [-0.2, -0.15) is 0 Å². The maximum absolute atomic E-state index is 13.5. The number of nitrogens with one attached hydrogen (secondary N) is 1. The van der Waals surface area contributed by atoms with Crippen LogP contribution in [0.5, 0.6) is 0 Å². The van der Waals surface area contributed by atoms with Crippen molar-refractivity contribution in [3.05, 3.63) is 34.6 Å². The molecule has 0 amide bonds. The quantitative estimate of drug-likeness (QED) is 0.325. The van der Waals surface area contributed by atoms with E-state index in [1.54, 1.807) is 26.0 Å². The summed E-state index contributed by atoms with van der Waals surface area (Å²) in [7, 11) is 0. The Hall–Kier alpha value is -1.62. The normalized spacial score (nSPS) is 13.7. The van der Waals surface area contributed by atoms with E-state index in [9.17, 15) is 4.39 Å². The molecule has 1 aromatic carbocycles. The molecule has 1 rings (SSSR count). The van der Waals surface area contributed by atoms with E-state index in [1.807, 2.05) is 6.92 Å². The van der Waals surface area contributed by atoms with Gasteiger partial charge in [0.2, 0.25) is 0 Å². The van der Waals surface area contributed by atoms with Gasteiger partial charge in [-0.1, -0.05) is 24.2 Å². The third kappa shape index (κ3) is 3.43. The van der Waals surface area contributed by atoms with Crippen molar-refractivity contribution in [2.75, 3.05) is 0 Å². The van der Waals surface area contributed by atoms with Crippen molar-refractivity contribution in [1.82, 2.24) is 5.32 Å². The molecule has 0 aromatic heterocycles. The molecule has 18 heavy (non-hydrogen) atoms. The van der Waals surface area contributed by atoms with Crippen LogP contribution in [0.4, 0.5) is 4.39 Å².